The molecule has 0 amide bonds. The van der Waals surface area contributed by atoms with Crippen LogP contribution in [0.3, 0.4) is 0 Å². The predicted molar refractivity (Wildman–Crippen MR) is 72.9 cm³/mol. The zero-order valence-electron chi connectivity index (χ0n) is 11.3. The Kier molecular flexibility index (Phi) is 6.16. The Morgan fingerprint density at radius 2 is 2.06 bits per heavy atom. The lowest BCUT2D eigenvalue weighted by Gasteiger charge is -2.21. The van der Waals surface area contributed by atoms with Crippen LogP contribution in [-0.4, -0.2) is 36.1 Å². The van der Waals surface area contributed by atoms with E-state index >= 15 is 0 Å². The average Bonchev–Trinajstić information content (AvgIpc) is 2.34. The van der Waals surface area contributed by atoms with Crippen molar-refractivity contribution in [2.45, 2.75) is 32.7 Å². The molecule has 0 aliphatic carbocycles. The van der Waals surface area contributed by atoms with E-state index < -0.39 is 0 Å². The molecular weight excluding hydrogens is 210 g/mol. The zero-order valence-corrected chi connectivity index (χ0v) is 11.3. The minimum Gasteiger partial charge on any atom is -0.327 e. The summed E-state index contributed by atoms with van der Waals surface area (Å²) >= 11 is 0. The molecule has 96 valence electrons. The zero-order chi connectivity index (χ0) is 12.7. The molecule has 1 aromatic heterocycles. The smallest absolute Gasteiger partial charge is 0.0416 e. The molecule has 0 aromatic carbocycles. The van der Waals surface area contributed by atoms with Gasteiger partial charge in [-0.25, -0.2) is 0 Å². The number of hydrogen-bond donors (Lipinski definition) is 1. The highest BCUT2D eigenvalue weighted by Gasteiger charge is 2.08. The molecule has 1 aromatic rings. The topological polar surface area (TPSA) is 42.1 Å². The number of likely N-dealkylation sites (N-methyl/N-ethyl adjacent to an activating group) is 1. The molecule has 3 nitrogen and oxygen atoms in total. The van der Waals surface area contributed by atoms with Gasteiger partial charge in [0.1, 0.15) is 0 Å². The van der Waals surface area contributed by atoms with Crippen LogP contribution in [0.15, 0.2) is 24.4 Å². The van der Waals surface area contributed by atoms with Crippen LogP contribution in [0, 0.1) is 5.92 Å². The Balaban J connectivity index is 2.19. The van der Waals surface area contributed by atoms with Crippen LogP contribution in [0.5, 0.6) is 0 Å². The first-order valence-corrected chi connectivity index (χ1v) is 6.43. The second-order valence-electron chi connectivity index (χ2n) is 5.07. The van der Waals surface area contributed by atoms with Gasteiger partial charge >= 0.3 is 0 Å². The quantitative estimate of drug-likeness (QED) is 0.785. The van der Waals surface area contributed by atoms with Crippen molar-refractivity contribution in [1.29, 1.82) is 0 Å². The Morgan fingerprint density at radius 1 is 1.29 bits per heavy atom. The SMILES string of the molecule is CC(C)[C@@H](N)CCN(C)CCc1ccccn1. The van der Waals surface area contributed by atoms with Crippen molar-refractivity contribution in [3.8, 4) is 0 Å². The molecule has 0 radical (unpaired) electrons. The van der Waals surface area contributed by atoms with Crippen LogP contribution in [0.1, 0.15) is 26.0 Å². The molecule has 1 atom stereocenters. The van der Waals surface area contributed by atoms with Gasteiger partial charge in [0.15, 0.2) is 0 Å². The maximum atomic E-state index is 6.03. The summed E-state index contributed by atoms with van der Waals surface area (Å²) in [5.74, 6) is 0.569. The normalized spacial score (nSPS) is 13.3. The predicted octanol–water partition coefficient (Wildman–Crippen LogP) is 1.93. The molecule has 0 aliphatic heterocycles. The first-order valence-electron chi connectivity index (χ1n) is 6.43. The first kappa shape index (κ1) is 14.1. The van der Waals surface area contributed by atoms with Gasteiger partial charge in [-0.1, -0.05) is 19.9 Å². The summed E-state index contributed by atoms with van der Waals surface area (Å²) in [4.78, 5) is 6.65. The van der Waals surface area contributed by atoms with E-state index in [2.05, 4.69) is 36.8 Å². The molecule has 0 bridgehead atoms. The van der Waals surface area contributed by atoms with Crippen LogP contribution >= 0.6 is 0 Å². The lowest BCUT2D eigenvalue weighted by atomic mass is 10.0. The van der Waals surface area contributed by atoms with Crippen molar-refractivity contribution in [2.24, 2.45) is 11.7 Å². The van der Waals surface area contributed by atoms with Crippen molar-refractivity contribution in [2.75, 3.05) is 20.1 Å². The standard InChI is InChI=1S/C14H25N3/c1-12(2)14(15)8-11-17(3)10-7-13-6-4-5-9-16-13/h4-6,9,12,14H,7-8,10-11,15H2,1-3H3/t14-/m0/s1. The van der Waals surface area contributed by atoms with E-state index in [4.69, 9.17) is 5.73 Å². The highest BCUT2D eigenvalue weighted by atomic mass is 15.1. The lowest BCUT2D eigenvalue weighted by molar-refractivity contribution is 0.305. The molecule has 0 fully saturated rings. The van der Waals surface area contributed by atoms with E-state index in [1.54, 1.807) is 0 Å². The fourth-order valence-electron chi connectivity index (χ4n) is 1.67. The average molecular weight is 235 g/mol. The number of nitrogens with two attached hydrogens (primary N) is 1. The summed E-state index contributed by atoms with van der Waals surface area (Å²) in [6.45, 7) is 6.46. The summed E-state index contributed by atoms with van der Waals surface area (Å²) in [5, 5.41) is 0. The molecule has 0 saturated heterocycles. The second-order valence-corrected chi connectivity index (χ2v) is 5.07. The van der Waals surface area contributed by atoms with Gasteiger partial charge in [-0.3, -0.25) is 4.98 Å². The van der Waals surface area contributed by atoms with Crippen LogP contribution in [-0.2, 0) is 6.42 Å². The maximum absolute atomic E-state index is 6.03. The highest BCUT2D eigenvalue weighted by Crippen LogP contribution is 2.04. The lowest BCUT2D eigenvalue weighted by Crippen LogP contribution is -2.32. The van der Waals surface area contributed by atoms with Crippen LogP contribution in [0.25, 0.3) is 0 Å². The van der Waals surface area contributed by atoms with E-state index in [-0.39, 0.29) is 0 Å². The van der Waals surface area contributed by atoms with E-state index in [1.807, 2.05) is 18.3 Å². The third kappa shape index (κ3) is 5.80. The monoisotopic (exact) mass is 235 g/mol. The van der Waals surface area contributed by atoms with Gasteiger partial charge in [0.25, 0.3) is 0 Å². The molecule has 17 heavy (non-hydrogen) atoms. The number of rotatable bonds is 7. The Hall–Kier alpha value is -0.930. The fraction of sp³-hybridized carbons (Fsp3) is 0.643. The molecule has 0 aliphatic rings. The van der Waals surface area contributed by atoms with Gasteiger partial charge in [0, 0.05) is 30.9 Å². The summed E-state index contributed by atoms with van der Waals surface area (Å²) in [6.07, 6.45) is 3.93. The van der Waals surface area contributed by atoms with Gasteiger partial charge in [0.05, 0.1) is 0 Å². The van der Waals surface area contributed by atoms with Gasteiger partial charge < -0.3 is 10.6 Å². The van der Waals surface area contributed by atoms with E-state index in [0.717, 1.165) is 31.6 Å². The fourth-order valence-corrected chi connectivity index (χ4v) is 1.67. The number of pyridine rings is 1. The maximum Gasteiger partial charge on any atom is 0.0416 e. The van der Waals surface area contributed by atoms with Crippen LogP contribution < -0.4 is 5.73 Å². The van der Waals surface area contributed by atoms with E-state index in [0.29, 0.717) is 12.0 Å². The van der Waals surface area contributed by atoms with Crippen molar-refractivity contribution in [3.63, 3.8) is 0 Å². The third-order valence-corrected chi connectivity index (χ3v) is 3.18. The van der Waals surface area contributed by atoms with Gasteiger partial charge in [0.2, 0.25) is 0 Å². The molecular formula is C14H25N3. The Labute approximate surface area is 105 Å². The molecule has 1 rings (SSSR count). The van der Waals surface area contributed by atoms with Crippen LogP contribution in [0.4, 0.5) is 0 Å². The van der Waals surface area contributed by atoms with Crippen molar-refractivity contribution in [3.05, 3.63) is 30.1 Å². The van der Waals surface area contributed by atoms with Gasteiger partial charge in [-0.2, -0.15) is 0 Å². The van der Waals surface area contributed by atoms with Crippen molar-refractivity contribution < 1.29 is 0 Å². The Bertz CT molecular complexity index is 298. The van der Waals surface area contributed by atoms with E-state index in [9.17, 15) is 0 Å². The summed E-state index contributed by atoms with van der Waals surface area (Å²) in [7, 11) is 2.15. The molecule has 2 N–H and O–H groups in total. The Morgan fingerprint density at radius 3 is 2.65 bits per heavy atom. The number of aromatic nitrogens is 1. The van der Waals surface area contributed by atoms with Crippen LogP contribution in [0.2, 0.25) is 0 Å². The molecule has 1 heterocycles. The number of hydrogen-bond acceptors (Lipinski definition) is 3. The van der Waals surface area contributed by atoms with E-state index in [1.165, 1.54) is 0 Å². The van der Waals surface area contributed by atoms with Crippen molar-refractivity contribution in [1.82, 2.24) is 9.88 Å². The minimum absolute atomic E-state index is 0.312. The summed E-state index contributed by atoms with van der Waals surface area (Å²) in [6, 6.07) is 6.38. The molecule has 0 unspecified atom stereocenters. The highest BCUT2D eigenvalue weighted by molar-refractivity contribution is 5.03. The van der Waals surface area contributed by atoms with Gasteiger partial charge in [-0.05, 0) is 38.1 Å². The van der Waals surface area contributed by atoms with Gasteiger partial charge in [-0.15, -0.1) is 0 Å². The largest absolute Gasteiger partial charge is 0.327 e. The second kappa shape index (κ2) is 7.41. The number of nitrogens with zero attached hydrogens (tertiary/aromatic N) is 2. The molecule has 0 saturated carbocycles. The first-order chi connectivity index (χ1) is 8.09. The minimum atomic E-state index is 0.312. The van der Waals surface area contributed by atoms with Crippen molar-refractivity contribution >= 4 is 0 Å². The summed E-state index contributed by atoms with van der Waals surface area (Å²) in [5.41, 5.74) is 7.19. The molecule has 0 spiro atoms. The summed E-state index contributed by atoms with van der Waals surface area (Å²) < 4.78 is 0. The molecule has 3 heteroatoms. The third-order valence-electron chi connectivity index (χ3n) is 3.18.